The summed E-state index contributed by atoms with van der Waals surface area (Å²) in [7, 11) is 3.32. The zero-order valence-corrected chi connectivity index (χ0v) is 12.2. The van der Waals surface area contributed by atoms with Gasteiger partial charge in [-0.05, 0) is 31.9 Å². The average Bonchev–Trinajstić information content (AvgIpc) is 2.29. The number of benzene rings is 1. The number of carboxylic acid groups (broad SMARTS) is 1. The molecule has 6 nitrogen and oxygen atoms in total. The minimum Gasteiger partial charge on any atom is -0.465 e. The zero-order chi connectivity index (χ0) is 15.3. The quantitative estimate of drug-likeness (QED) is 0.791. The van der Waals surface area contributed by atoms with E-state index in [1.54, 1.807) is 34.0 Å². The second kappa shape index (κ2) is 6.27. The summed E-state index contributed by atoms with van der Waals surface area (Å²) in [5.74, 6) is 0. The van der Waals surface area contributed by atoms with Crippen molar-refractivity contribution in [1.82, 2.24) is 10.2 Å². The number of nitrogens with zero attached hydrogens (tertiary/aromatic N) is 1. The van der Waals surface area contributed by atoms with Crippen molar-refractivity contribution in [3.8, 4) is 0 Å². The molecule has 0 atom stereocenters. The molecule has 0 saturated carbocycles. The number of hydrogen-bond acceptors (Lipinski definition) is 2. The van der Waals surface area contributed by atoms with E-state index < -0.39 is 11.6 Å². The molecule has 3 N–H and O–H groups in total. The first-order chi connectivity index (χ1) is 9.21. The van der Waals surface area contributed by atoms with E-state index in [1.165, 1.54) is 4.90 Å². The Balaban J connectivity index is 2.90. The van der Waals surface area contributed by atoms with Gasteiger partial charge in [0.05, 0.1) is 0 Å². The van der Waals surface area contributed by atoms with Crippen LogP contribution >= 0.6 is 0 Å². The molecule has 1 rings (SSSR count). The van der Waals surface area contributed by atoms with Crippen LogP contribution in [0.3, 0.4) is 0 Å². The standard InChI is InChI=1S/C14H21N3O3/c1-14(2,16-13(19)20)9-10-7-5-6-8-11(10)15-12(18)17(3)4/h5-8,16H,9H2,1-4H3,(H,15,18)(H,19,20). The second-order valence-corrected chi connectivity index (χ2v) is 5.47. The predicted molar refractivity (Wildman–Crippen MR) is 78.1 cm³/mol. The van der Waals surface area contributed by atoms with E-state index in [9.17, 15) is 9.59 Å². The van der Waals surface area contributed by atoms with Gasteiger partial charge >= 0.3 is 12.1 Å². The smallest absolute Gasteiger partial charge is 0.405 e. The number of hydrogen-bond donors (Lipinski definition) is 3. The van der Waals surface area contributed by atoms with E-state index in [4.69, 9.17) is 5.11 Å². The molecule has 0 unspecified atom stereocenters. The highest BCUT2D eigenvalue weighted by Crippen LogP contribution is 2.21. The van der Waals surface area contributed by atoms with Gasteiger partial charge in [0, 0.05) is 25.3 Å². The Bertz CT molecular complexity index is 498. The van der Waals surface area contributed by atoms with Gasteiger partial charge in [0.15, 0.2) is 0 Å². The number of nitrogens with one attached hydrogen (secondary N) is 2. The Morgan fingerprint density at radius 3 is 2.40 bits per heavy atom. The number of amides is 3. The maximum atomic E-state index is 11.7. The van der Waals surface area contributed by atoms with Crippen molar-refractivity contribution in [1.29, 1.82) is 0 Å². The van der Waals surface area contributed by atoms with Crippen molar-refractivity contribution < 1.29 is 14.7 Å². The van der Waals surface area contributed by atoms with Crippen LogP contribution in [0.4, 0.5) is 15.3 Å². The van der Waals surface area contributed by atoms with Gasteiger partial charge in [0.1, 0.15) is 0 Å². The monoisotopic (exact) mass is 279 g/mol. The maximum Gasteiger partial charge on any atom is 0.405 e. The third-order valence-electron chi connectivity index (χ3n) is 2.74. The highest BCUT2D eigenvalue weighted by Gasteiger charge is 2.22. The van der Waals surface area contributed by atoms with Crippen molar-refractivity contribution in [2.45, 2.75) is 25.8 Å². The largest absolute Gasteiger partial charge is 0.465 e. The second-order valence-electron chi connectivity index (χ2n) is 5.47. The average molecular weight is 279 g/mol. The summed E-state index contributed by atoms with van der Waals surface area (Å²) < 4.78 is 0. The summed E-state index contributed by atoms with van der Waals surface area (Å²) in [4.78, 5) is 23.9. The summed E-state index contributed by atoms with van der Waals surface area (Å²) in [6, 6.07) is 7.13. The van der Waals surface area contributed by atoms with Gasteiger partial charge in [-0.15, -0.1) is 0 Å². The fraction of sp³-hybridized carbons (Fsp3) is 0.429. The van der Waals surface area contributed by atoms with E-state index in [-0.39, 0.29) is 6.03 Å². The SMILES string of the molecule is CN(C)C(=O)Nc1ccccc1CC(C)(C)NC(=O)O. The van der Waals surface area contributed by atoms with Crippen LogP contribution in [0.2, 0.25) is 0 Å². The topological polar surface area (TPSA) is 81.7 Å². The van der Waals surface area contributed by atoms with Gasteiger partial charge in [-0.1, -0.05) is 18.2 Å². The fourth-order valence-electron chi connectivity index (χ4n) is 1.83. The molecule has 0 aromatic heterocycles. The van der Waals surface area contributed by atoms with Gasteiger partial charge < -0.3 is 20.6 Å². The normalized spacial score (nSPS) is 10.8. The predicted octanol–water partition coefficient (Wildman–Crippen LogP) is 2.37. The molecule has 0 bridgehead atoms. The molecule has 1 aromatic carbocycles. The van der Waals surface area contributed by atoms with Crippen LogP contribution in [0.15, 0.2) is 24.3 Å². The number of para-hydroxylation sites is 1. The lowest BCUT2D eigenvalue weighted by Crippen LogP contribution is -2.44. The highest BCUT2D eigenvalue weighted by atomic mass is 16.4. The number of rotatable bonds is 4. The molecule has 0 aliphatic rings. The number of urea groups is 1. The molecule has 6 heteroatoms. The molecule has 1 aromatic rings. The van der Waals surface area contributed by atoms with Crippen molar-refractivity contribution in [3.05, 3.63) is 29.8 Å². The van der Waals surface area contributed by atoms with Gasteiger partial charge in [-0.25, -0.2) is 9.59 Å². The Labute approximate surface area is 118 Å². The van der Waals surface area contributed by atoms with Crippen molar-refractivity contribution in [2.75, 3.05) is 19.4 Å². The first-order valence-electron chi connectivity index (χ1n) is 6.28. The highest BCUT2D eigenvalue weighted by molar-refractivity contribution is 5.89. The Kier molecular flexibility index (Phi) is 4.96. The molecular weight excluding hydrogens is 258 g/mol. The summed E-state index contributed by atoms with van der Waals surface area (Å²) in [6.07, 6.45) is -0.590. The molecule has 0 spiro atoms. The maximum absolute atomic E-state index is 11.7. The molecule has 0 heterocycles. The van der Waals surface area contributed by atoms with Crippen molar-refractivity contribution >= 4 is 17.8 Å². The van der Waals surface area contributed by atoms with Crippen LogP contribution in [0, 0.1) is 0 Å². The molecule has 0 fully saturated rings. The summed E-state index contributed by atoms with van der Waals surface area (Å²) >= 11 is 0. The Morgan fingerprint density at radius 2 is 1.85 bits per heavy atom. The Morgan fingerprint density at radius 1 is 1.25 bits per heavy atom. The molecule has 0 aliphatic carbocycles. The van der Waals surface area contributed by atoms with E-state index in [0.29, 0.717) is 12.1 Å². The van der Waals surface area contributed by atoms with E-state index in [1.807, 2.05) is 18.2 Å². The van der Waals surface area contributed by atoms with Gasteiger partial charge in [-0.3, -0.25) is 0 Å². The minimum absolute atomic E-state index is 0.221. The van der Waals surface area contributed by atoms with E-state index in [0.717, 1.165) is 5.56 Å². The van der Waals surface area contributed by atoms with Crippen LogP contribution in [-0.4, -0.2) is 41.8 Å². The van der Waals surface area contributed by atoms with E-state index >= 15 is 0 Å². The molecule has 20 heavy (non-hydrogen) atoms. The van der Waals surface area contributed by atoms with Gasteiger partial charge in [0.2, 0.25) is 0 Å². The van der Waals surface area contributed by atoms with Crippen LogP contribution in [0.1, 0.15) is 19.4 Å². The van der Waals surface area contributed by atoms with E-state index in [2.05, 4.69) is 10.6 Å². The molecule has 3 amide bonds. The molecule has 0 radical (unpaired) electrons. The fourth-order valence-corrected chi connectivity index (χ4v) is 1.83. The first-order valence-corrected chi connectivity index (χ1v) is 6.28. The zero-order valence-electron chi connectivity index (χ0n) is 12.2. The lowest BCUT2D eigenvalue weighted by atomic mass is 9.94. The van der Waals surface area contributed by atoms with Crippen LogP contribution in [-0.2, 0) is 6.42 Å². The van der Waals surface area contributed by atoms with Crippen molar-refractivity contribution in [2.24, 2.45) is 0 Å². The van der Waals surface area contributed by atoms with Crippen LogP contribution in [0.5, 0.6) is 0 Å². The third kappa shape index (κ3) is 4.79. The summed E-state index contributed by atoms with van der Waals surface area (Å²) in [5.41, 5.74) is 0.943. The molecule has 0 aliphatic heterocycles. The number of carbonyl (C=O) groups is 2. The lowest BCUT2D eigenvalue weighted by molar-refractivity contribution is 0.182. The molecule has 110 valence electrons. The van der Waals surface area contributed by atoms with Gasteiger partial charge in [0.25, 0.3) is 0 Å². The van der Waals surface area contributed by atoms with Gasteiger partial charge in [-0.2, -0.15) is 0 Å². The molecular formula is C14H21N3O3. The Hall–Kier alpha value is -2.24. The van der Waals surface area contributed by atoms with Crippen LogP contribution in [0.25, 0.3) is 0 Å². The number of carbonyl (C=O) groups excluding carboxylic acids is 1. The summed E-state index contributed by atoms with van der Waals surface area (Å²) in [5, 5.41) is 14.1. The van der Waals surface area contributed by atoms with Crippen molar-refractivity contribution in [3.63, 3.8) is 0 Å². The van der Waals surface area contributed by atoms with Crippen LogP contribution < -0.4 is 10.6 Å². The number of anilines is 1. The molecule has 0 saturated heterocycles. The first kappa shape index (κ1) is 15.8. The summed E-state index contributed by atoms with van der Waals surface area (Å²) in [6.45, 7) is 3.59. The minimum atomic E-state index is -1.06. The third-order valence-corrected chi connectivity index (χ3v) is 2.74. The lowest BCUT2D eigenvalue weighted by Gasteiger charge is -2.26.